The van der Waals surface area contributed by atoms with Crippen LogP contribution in [-0.2, 0) is 6.54 Å². The molecule has 0 fully saturated rings. The van der Waals surface area contributed by atoms with E-state index in [0.29, 0.717) is 11.6 Å². The van der Waals surface area contributed by atoms with Gasteiger partial charge in [0, 0.05) is 32.1 Å². The number of rotatable bonds is 5. The molecule has 0 aliphatic rings. The summed E-state index contributed by atoms with van der Waals surface area (Å²) in [5, 5.41) is 12.9. The third-order valence-electron chi connectivity index (χ3n) is 2.58. The summed E-state index contributed by atoms with van der Waals surface area (Å²) in [5.74, 6) is 0.265. The van der Waals surface area contributed by atoms with Crippen LogP contribution in [0.4, 0.5) is 0 Å². The maximum Gasteiger partial charge on any atom is 0.137 e. The quantitative estimate of drug-likeness (QED) is 0.853. The molecule has 0 aliphatic carbocycles. The zero-order valence-corrected chi connectivity index (χ0v) is 10.5. The zero-order chi connectivity index (χ0) is 12.3. The van der Waals surface area contributed by atoms with Crippen LogP contribution in [0.5, 0.6) is 0 Å². The van der Waals surface area contributed by atoms with Gasteiger partial charge in [-0.2, -0.15) is 0 Å². The van der Waals surface area contributed by atoms with Crippen molar-refractivity contribution >= 4 is 17.2 Å². The van der Waals surface area contributed by atoms with Gasteiger partial charge in [0.15, 0.2) is 0 Å². The fourth-order valence-corrected chi connectivity index (χ4v) is 1.78. The van der Waals surface area contributed by atoms with E-state index in [1.165, 1.54) is 0 Å². The summed E-state index contributed by atoms with van der Waals surface area (Å²) >= 11 is 5.90. The van der Waals surface area contributed by atoms with Crippen molar-refractivity contribution in [1.29, 1.82) is 0 Å². The molecule has 4 nitrogen and oxygen atoms in total. The van der Waals surface area contributed by atoms with Gasteiger partial charge < -0.3 is 14.8 Å². The maximum atomic E-state index is 8.90. The van der Waals surface area contributed by atoms with Crippen molar-refractivity contribution in [3.63, 3.8) is 0 Å². The second-order valence-corrected chi connectivity index (χ2v) is 4.70. The van der Waals surface area contributed by atoms with Gasteiger partial charge in [-0.05, 0) is 18.1 Å². The van der Waals surface area contributed by atoms with Crippen molar-refractivity contribution in [3.05, 3.63) is 35.2 Å². The lowest BCUT2D eigenvalue weighted by molar-refractivity contribution is 0.233. The summed E-state index contributed by atoms with van der Waals surface area (Å²) in [6, 6.07) is 3.72. The van der Waals surface area contributed by atoms with Crippen molar-refractivity contribution in [2.75, 3.05) is 13.2 Å². The number of hydrogen-bond acceptors (Lipinski definition) is 3. The number of aromatic nitrogens is 2. The molecule has 0 saturated carbocycles. The molecule has 0 bridgehead atoms. The highest BCUT2D eigenvalue weighted by Gasteiger charge is 2.03. The minimum atomic E-state index is 0.202. The molecule has 2 heterocycles. The molecule has 0 aliphatic heterocycles. The second-order valence-electron chi connectivity index (χ2n) is 4.26. The van der Waals surface area contributed by atoms with Gasteiger partial charge in [-0.3, -0.25) is 0 Å². The van der Waals surface area contributed by atoms with E-state index in [2.05, 4.69) is 10.3 Å². The first-order chi connectivity index (χ1) is 8.19. The molecule has 2 rings (SSSR count). The molecule has 0 amide bonds. The van der Waals surface area contributed by atoms with Crippen LogP contribution >= 0.6 is 11.6 Å². The Hall–Kier alpha value is -1.10. The summed E-state index contributed by atoms with van der Waals surface area (Å²) in [7, 11) is 0. The van der Waals surface area contributed by atoms with Gasteiger partial charge in [0.05, 0.1) is 10.7 Å². The average Bonchev–Trinajstić information content (AvgIpc) is 2.70. The zero-order valence-electron chi connectivity index (χ0n) is 9.73. The molecule has 2 aromatic heterocycles. The minimum absolute atomic E-state index is 0.202. The van der Waals surface area contributed by atoms with E-state index < -0.39 is 0 Å². The Balaban J connectivity index is 1.99. The monoisotopic (exact) mass is 253 g/mol. The van der Waals surface area contributed by atoms with E-state index in [9.17, 15) is 0 Å². The van der Waals surface area contributed by atoms with Crippen LogP contribution in [0.25, 0.3) is 5.65 Å². The third-order valence-corrected chi connectivity index (χ3v) is 2.80. The Kier molecular flexibility index (Phi) is 3.99. The van der Waals surface area contributed by atoms with Gasteiger partial charge in [-0.1, -0.05) is 18.5 Å². The Bertz CT molecular complexity index is 497. The second kappa shape index (κ2) is 5.49. The summed E-state index contributed by atoms with van der Waals surface area (Å²) in [4.78, 5) is 4.46. The maximum absolute atomic E-state index is 8.90. The first-order valence-corrected chi connectivity index (χ1v) is 6.01. The number of fused-ring (bicyclic) bond motifs is 1. The SMILES string of the molecule is CC(CO)CNCc1cn2cc(Cl)ccc2n1. The van der Waals surface area contributed by atoms with E-state index in [-0.39, 0.29) is 12.5 Å². The predicted octanol–water partition coefficient (Wildman–Crippen LogP) is 1.71. The smallest absolute Gasteiger partial charge is 0.137 e. The lowest BCUT2D eigenvalue weighted by Gasteiger charge is -2.07. The molecule has 92 valence electrons. The predicted molar refractivity (Wildman–Crippen MR) is 68.2 cm³/mol. The molecule has 2 N–H and O–H groups in total. The molecule has 0 aromatic carbocycles. The molecule has 0 radical (unpaired) electrons. The van der Waals surface area contributed by atoms with E-state index in [4.69, 9.17) is 16.7 Å². The lowest BCUT2D eigenvalue weighted by Crippen LogP contribution is -2.22. The third kappa shape index (κ3) is 3.19. The van der Waals surface area contributed by atoms with E-state index in [1.54, 1.807) is 0 Å². The van der Waals surface area contributed by atoms with Crippen molar-refractivity contribution in [2.45, 2.75) is 13.5 Å². The molecule has 5 heteroatoms. The molecular weight excluding hydrogens is 238 g/mol. The van der Waals surface area contributed by atoms with Crippen LogP contribution < -0.4 is 5.32 Å². The van der Waals surface area contributed by atoms with Gasteiger partial charge in [0.2, 0.25) is 0 Å². The van der Waals surface area contributed by atoms with Crippen molar-refractivity contribution in [3.8, 4) is 0 Å². The summed E-state index contributed by atoms with van der Waals surface area (Å²) < 4.78 is 1.91. The molecule has 2 aromatic rings. The standard InChI is InChI=1S/C12H16ClN3O/c1-9(8-17)4-14-5-11-7-16-6-10(13)2-3-12(16)15-11/h2-3,6-7,9,14,17H,4-5,8H2,1H3. The van der Waals surface area contributed by atoms with Crippen LogP contribution in [0, 0.1) is 5.92 Å². The summed E-state index contributed by atoms with van der Waals surface area (Å²) in [5.41, 5.74) is 1.86. The number of aliphatic hydroxyl groups excluding tert-OH is 1. The van der Waals surface area contributed by atoms with Crippen LogP contribution in [0.2, 0.25) is 5.02 Å². The number of aliphatic hydroxyl groups is 1. The molecule has 1 unspecified atom stereocenters. The van der Waals surface area contributed by atoms with Crippen LogP contribution in [0.1, 0.15) is 12.6 Å². The number of halogens is 1. The number of imidazole rings is 1. The first-order valence-electron chi connectivity index (χ1n) is 5.63. The Morgan fingerprint density at radius 1 is 1.47 bits per heavy atom. The van der Waals surface area contributed by atoms with Crippen molar-refractivity contribution < 1.29 is 5.11 Å². The largest absolute Gasteiger partial charge is 0.396 e. The molecule has 17 heavy (non-hydrogen) atoms. The average molecular weight is 254 g/mol. The van der Waals surface area contributed by atoms with Gasteiger partial charge in [0.1, 0.15) is 5.65 Å². The van der Waals surface area contributed by atoms with Crippen LogP contribution in [0.15, 0.2) is 24.5 Å². The van der Waals surface area contributed by atoms with Crippen molar-refractivity contribution in [1.82, 2.24) is 14.7 Å². The highest BCUT2D eigenvalue weighted by Crippen LogP contribution is 2.11. The highest BCUT2D eigenvalue weighted by molar-refractivity contribution is 6.30. The number of hydrogen-bond donors (Lipinski definition) is 2. The highest BCUT2D eigenvalue weighted by atomic mass is 35.5. The Morgan fingerprint density at radius 3 is 3.06 bits per heavy atom. The fourth-order valence-electron chi connectivity index (χ4n) is 1.61. The van der Waals surface area contributed by atoms with Gasteiger partial charge in [-0.25, -0.2) is 4.98 Å². The summed E-state index contributed by atoms with van der Waals surface area (Å²) in [6.07, 6.45) is 3.79. The molecule has 0 saturated heterocycles. The van der Waals surface area contributed by atoms with Gasteiger partial charge >= 0.3 is 0 Å². The molecule has 1 atom stereocenters. The first kappa shape index (κ1) is 12.4. The fraction of sp³-hybridized carbons (Fsp3) is 0.417. The number of nitrogens with one attached hydrogen (secondary N) is 1. The number of nitrogens with zero attached hydrogens (tertiary/aromatic N) is 2. The van der Waals surface area contributed by atoms with E-state index >= 15 is 0 Å². The topological polar surface area (TPSA) is 49.6 Å². The Morgan fingerprint density at radius 2 is 2.29 bits per heavy atom. The molecule has 0 spiro atoms. The lowest BCUT2D eigenvalue weighted by atomic mass is 10.2. The normalized spacial score (nSPS) is 13.1. The molecular formula is C12H16ClN3O. The summed E-state index contributed by atoms with van der Waals surface area (Å²) in [6.45, 7) is 3.68. The van der Waals surface area contributed by atoms with Gasteiger partial charge in [-0.15, -0.1) is 0 Å². The van der Waals surface area contributed by atoms with Crippen molar-refractivity contribution in [2.24, 2.45) is 5.92 Å². The number of pyridine rings is 1. The van der Waals surface area contributed by atoms with Gasteiger partial charge in [0.25, 0.3) is 0 Å². The minimum Gasteiger partial charge on any atom is -0.396 e. The Labute approximate surface area is 105 Å². The van der Waals surface area contributed by atoms with E-state index in [0.717, 1.165) is 17.9 Å². The van der Waals surface area contributed by atoms with E-state index in [1.807, 2.05) is 35.9 Å². The van der Waals surface area contributed by atoms with Crippen LogP contribution in [0.3, 0.4) is 0 Å². The van der Waals surface area contributed by atoms with Crippen LogP contribution in [-0.4, -0.2) is 27.6 Å².